The van der Waals surface area contributed by atoms with E-state index in [-0.39, 0.29) is 27.2 Å². The van der Waals surface area contributed by atoms with Gasteiger partial charge in [0.05, 0.1) is 21.2 Å². The zero-order valence-electron chi connectivity index (χ0n) is 10.2. The molecule has 0 unspecified atom stereocenters. The lowest BCUT2D eigenvalue weighted by Crippen LogP contribution is -2.10. The van der Waals surface area contributed by atoms with Crippen molar-refractivity contribution in [3.63, 3.8) is 0 Å². The molecule has 1 rings (SSSR count). The van der Waals surface area contributed by atoms with Crippen molar-refractivity contribution in [1.29, 1.82) is 0 Å². The molecule has 100 valence electrons. The van der Waals surface area contributed by atoms with E-state index < -0.39 is 15.8 Å². The van der Waals surface area contributed by atoms with E-state index in [4.69, 9.17) is 16.7 Å². The summed E-state index contributed by atoms with van der Waals surface area (Å²) in [5.41, 5.74) is -0.192. The van der Waals surface area contributed by atoms with E-state index in [1.54, 1.807) is 0 Å². The first-order chi connectivity index (χ1) is 8.24. The van der Waals surface area contributed by atoms with Gasteiger partial charge in [-0.3, -0.25) is 0 Å². The summed E-state index contributed by atoms with van der Waals surface area (Å²) < 4.78 is 24.0. The lowest BCUT2D eigenvalue weighted by atomic mass is 10.2. The molecule has 0 heterocycles. The van der Waals surface area contributed by atoms with Crippen LogP contribution in [0.15, 0.2) is 23.1 Å². The van der Waals surface area contributed by atoms with Crippen molar-refractivity contribution in [1.82, 2.24) is 0 Å². The van der Waals surface area contributed by atoms with E-state index in [1.807, 2.05) is 13.8 Å². The second-order valence-electron chi connectivity index (χ2n) is 4.45. The van der Waals surface area contributed by atoms with Gasteiger partial charge in [0.2, 0.25) is 0 Å². The van der Waals surface area contributed by atoms with Gasteiger partial charge in [0.25, 0.3) is 0 Å². The average molecular weight is 291 g/mol. The topological polar surface area (TPSA) is 71.4 Å². The largest absolute Gasteiger partial charge is 0.478 e. The summed E-state index contributed by atoms with van der Waals surface area (Å²) in [5.74, 6) is -0.960. The van der Waals surface area contributed by atoms with Gasteiger partial charge in [-0.15, -0.1) is 0 Å². The molecule has 1 N–H and O–H groups in total. The molecule has 0 saturated carbocycles. The van der Waals surface area contributed by atoms with E-state index in [0.29, 0.717) is 6.42 Å². The number of aromatic carboxylic acids is 1. The van der Waals surface area contributed by atoms with Crippen LogP contribution in [0.1, 0.15) is 30.6 Å². The number of rotatable bonds is 5. The van der Waals surface area contributed by atoms with Crippen LogP contribution in [-0.4, -0.2) is 25.2 Å². The molecule has 0 aliphatic heterocycles. The minimum Gasteiger partial charge on any atom is -0.478 e. The van der Waals surface area contributed by atoms with Gasteiger partial charge in [0.15, 0.2) is 9.84 Å². The highest BCUT2D eigenvalue weighted by molar-refractivity contribution is 7.91. The number of carboxylic acid groups (broad SMARTS) is 1. The number of sulfone groups is 1. The number of carboxylic acids is 1. The lowest BCUT2D eigenvalue weighted by molar-refractivity contribution is 0.0697. The predicted octanol–water partition coefficient (Wildman–Crippen LogP) is 2.86. The van der Waals surface area contributed by atoms with E-state index >= 15 is 0 Å². The van der Waals surface area contributed by atoms with E-state index in [1.165, 1.54) is 12.1 Å². The Hall–Kier alpha value is -1.07. The average Bonchev–Trinajstić information content (AvgIpc) is 2.26. The molecule has 0 aromatic heterocycles. The van der Waals surface area contributed by atoms with Crippen LogP contribution < -0.4 is 0 Å². The van der Waals surface area contributed by atoms with Crippen molar-refractivity contribution in [3.8, 4) is 0 Å². The molecule has 1 aromatic rings. The highest BCUT2D eigenvalue weighted by Gasteiger charge is 2.18. The van der Waals surface area contributed by atoms with Crippen molar-refractivity contribution in [2.75, 3.05) is 5.75 Å². The van der Waals surface area contributed by atoms with Crippen LogP contribution in [0, 0.1) is 5.92 Å². The smallest absolute Gasteiger partial charge is 0.337 e. The highest BCUT2D eigenvalue weighted by atomic mass is 35.5. The fourth-order valence-corrected chi connectivity index (χ4v) is 3.16. The van der Waals surface area contributed by atoms with Gasteiger partial charge in [0.1, 0.15) is 0 Å². The van der Waals surface area contributed by atoms with E-state index in [0.717, 1.165) is 6.07 Å². The fourth-order valence-electron chi connectivity index (χ4n) is 1.37. The Bertz CT molecular complexity index is 549. The van der Waals surface area contributed by atoms with Crippen molar-refractivity contribution in [2.45, 2.75) is 25.2 Å². The third-order valence-corrected chi connectivity index (χ3v) is 4.57. The first-order valence-corrected chi connectivity index (χ1v) is 7.52. The Morgan fingerprint density at radius 1 is 1.39 bits per heavy atom. The molecule has 0 radical (unpaired) electrons. The monoisotopic (exact) mass is 290 g/mol. The van der Waals surface area contributed by atoms with Gasteiger partial charge in [-0.25, -0.2) is 13.2 Å². The quantitative estimate of drug-likeness (QED) is 0.905. The third kappa shape index (κ3) is 3.71. The number of hydrogen-bond donors (Lipinski definition) is 1. The summed E-state index contributed by atoms with van der Waals surface area (Å²) >= 11 is 5.69. The summed E-state index contributed by atoms with van der Waals surface area (Å²) in [7, 11) is -3.45. The molecule has 0 aliphatic carbocycles. The van der Waals surface area contributed by atoms with Crippen molar-refractivity contribution >= 4 is 27.4 Å². The normalized spacial score (nSPS) is 11.8. The molecule has 0 amide bonds. The van der Waals surface area contributed by atoms with Gasteiger partial charge >= 0.3 is 5.97 Å². The van der Waals surface area contributed by atoms with Crippen LogP contribution in [0.4, 0.5) is 0 Å². The van der Waals surface area contributed by atoms with Gasteiger partial charge in [-0.2, -0.15) is 0 Å². The maximum Gasteiger partial charge on any atom is 0.337 e. The summed E-state index contributed by atoms with van der Waals surface area (Å²) in [4.78, 5) is 10.9. The minimum atomic E-state index is -3.45. The molecule has 0 aliphatic rings. The second kappa shape index (κ2) is 5.71. The number of benzene rings is 1. The van der Waals surface area contributed by atoms with E-state index in [9.17, 15) is 13.2 Å². The first-order valence-electron chi connectivity index (χ1n) is 5.49. The molecule has 18 heavy (non-hydrogen) atoms. The van der Waals surface area contributed by atoms with Gasteiger partial charge in [-0.05, 0) is 30.5 Å². The lowest BCUT2D eigenvalue weighted by Gasteiger charge is -2.08. The van der Waals surface area contributed by atoms with Crippen molar-refractivity contribution < 1.29 is 18.3 Å². The van der Waals surface area contributed by atoms with Gasteiger partial charge < -0.3 is 5.11 Å². The highest BCUT2D eigenvalue weighted by Crippen LogP contribution is 2.22. The zero-order valence-corrected chi connectivity index (χ0v) is 11.8. The van der Waals surface area contributed by atoms with Crippen molar-refractivity contribution in [2.24, 2.45) is 5.92 Å². The predicted molar refractivity (Wildman–Crippen MR) is 69.9 cm³/mol. The zero-order chi connectivity index (χ0) is 13.9. The minimum absolute atomic E-state index is 0.00458. The molecule has 0 spiro atoms. The molecular weight excluding hydrogens is 276 g/mol. The Morgan fingerprint density at radius 2 is 2.00 bits per heavy atom. The molecule has 0 saturated heterocycles. The fraction of sp³-hybridized carbons (Fsp3) is 0.417. The van der Waals surface area contributed by atoms with Crippen LogP contribution in [-0.2, 0) is 9.84 Å². The SMILES string of the molecule is CC(C)CCS(=O)(=O)c1ccc(Cl)c(C(=O)O)c1. The molecule has 0 atom stereocenters. The van der Waals surface area contributed by atoms with Gasteiger partial charge in [-0.1, -0.05) is 25.4 Å². The number of halogens is 1. The summed E-state index contributed by atoms with van der Waals surface area (Å²) in [5, 5.41) is 8.93. The molecular formula is C12H15ClO4S. The summed E-state index contributed by atoms with van der Waals surface area (Å²) in [6.45, 7) is 3.86. The maximum atomic E-state index is 12.0. The van der Waals surface area contributed by atoms with Crippen LogP contribution in [0.2, 0.25) is 5.02 Å². The van der Waals surface area contributed by atoms with E-state index in [2.05, 4.69) is 0 Å². The summed E-state index contributed by atoms with van der Waals surface area (Å²) in [6.07, 6.45) is 0.535. The molecule has 4 nitrogen and oxygen atoms in total. The maximum absolute atomic E-state index is 12.0. The van der Waals surface area contributed by atoms with Crippen LogP contribution in [0.3, 0.4) is 0 Å². The Labute approximate surface area is 112 Å². The Morgan fingerprint density at radius 3 is 2.50 bits per heavy atom. The molecule has 1 aromatic carbocycles. The number of carbonyl (C=O) groups is 1. The van der Waals surface area contributed by atoms with Crippen LogP contribution >= 0.6 is 11.6 Å². The number of hydrogen-bond acceptors (Lipinski definition) is 3. The van der Waals surface area contributed by atoms with Crippen LogP contribution in [0.5, 0.6) is 0 Å². The van der Waals surface area contributed by atoms with Crippen molar-refractivity contribution in [3.05, 3.63) is 28.8 Å². The molecule has 0 fully saturated rings. The van der Waals surface area contributed by atoms with Gasteiger partial charge in [0, 0.05) is 0 Å². The Balaban J connectivity index is 3.10. The second-order valence-corrected chi connectivity index (χ2v) is 6.96. The summed E-state index contributed by atoms with van der Waals surface area (Å²) in [6, 6.07) is 3.75. The molecule has 0 bridgehead atoms. The standard InChI is InChI=1S/C12H15ClO4S/c1-8(2)5-6-18(16,17)9-3-4-11(13)10(7-9)12(14)15/h3-4,7-8H,5-6H2,1-2H3,(H,14,15). The Kier molecular flexibility index (Phi) is 4.76. The van der Waals surface area contributed by atoms with Crippen LogP contribution in [0.25, 0.3) is 0 Å². The third-order valence-electron chi connectivity index (χ3n) is 2.49. The molecule has 6 heteroatoms. The first kappa shape index (κ1) is 15.0.